The van der Waals surface area contributed by atoms with Crippen LogP contribution in [0.15, 0.2) is 36.5 Å². The van der Waals surface area contributed by atoms with Crippen molar-refractivity contribution in [1.29, 1.82) is 5.26 Å². The number of nitriles is 1. The van der Waals surface area contributed by atoms with Crippen molar-refractivity contribution in [3.8, 4) is 6.07 Å². The highest BCUT2D eigenvalue weighted by atomic mass is 19.1. The first-order valence-corrected chi connectivity index (χ1v) is 8.65. The van der Waals surface area contributed by atoms with E-state index in [4.69, 9.17) is 11.0 Å². The van der Waals surface area contributed by atoms with E-state index in [-0.39, 0.29) is 11.9 Å². The predicted octanol–water partition coefficient (Wildman–Crippen LogP) is 2.42. The summed E-state index contributed by atoms with van der Waals surface area (Å²) in [7, 11) is 0. The molecule has 1 fully saturated rings. The van der Waals surface area contributed by atoms with E-state index >= 15 is 0 Å². The van der Waals surface area contributed by atoms with Crippen molar-refractivity contribution in [3.63, 3.8) is 0 Å². The fourth-order valence-corrected chi connectivity index (χ4v) is 3.43. The maximum atomic E-state index is 13.7. The molecular formula is C19H19FN6. The van der Waals surface area contributed by atoms with Gasteiger partial charge in [-0.2, -0.15) is 5.26 Å². The summed E-state index contributed by atoms with van der Waals surface area (Å²) < 4.78 is 15.7. The van der Waals surface area contributed by atoms with E-state index in [1.807, 2.05) is 10.6 Å². The molecule has 6 nitrogen and oxygen atoms in total. The first-order valence-electron chi connectivity index (χ1n) is 8.65. The topological polar surface area (TPSA) is 83.8 Å². The number of benzene rings is 1. The normalized spacial score (nSPS) is 17.4. The molecular weight excluding hydrogens is 331 g/mol. The molecule has 0 bridgehead atoms. The highest BCUT2D eigenvalue weighted by Gasteiger charge is 2.23. The molecule has 0 amide bonds. The lowest BCUT2D eigenvalue weighted by atomic mass is 10.1. The quantitative estimate of drug-likeness (QED) is 0.784. The first-order chi connectivity index (χ1) is 12.6. The number of anilines is 1. The van der Waals surface area contributed by atoms with E-state index in [9.17, 15) is 4.39 Å². The Balaban J connectivity index is 1.77. The van der Waals surface area contributed by atoms with Gasteiger partial charge in [0.2, 0.25) is 5.95 Å². The highest BCUT2D eigenvalue weighted by Crippen LogP contribution is 2.26. The lowest BCUT2D eigenvalue weighted by Gasteiger charge is -2.32. The number of imidazole rings is 1. The molecule has 2 aromatic heterocycles. The minimum Gasteiger partial charge on any atom is -0.341 e. The summed E-state index contributed by atoms with van der Waals surface area (Å²) in [6.07, 6.45) is 3.57. The van der Waals surface area contributed by atoms with Gasteiger partial charge in [0.15, 0.2) is 0 Å². The first kappa shape index (κ1) is 16.5. The predicted molar refractivity (Wildman–Crippen MR) is 97.2 cm³/mol. The number of pyridine rings is 1. The summed E-state index contributed by atoms with van der Waals surface area (Å²) in [5, 5.41) is 8.93. The van der Waals surface area contributed by atoms with E-state index in [0.717, 1.165) is 43.1 Å². The van der Waals surface area contributed by atoms with Crippen molar-refractivity contribution in [3.05, 3.63) is 53.6 Å². The van der Waals surface area contributed by atoms with Gasteiger partial charge in [-0.3, -0.25) is 4.98 Å². The fourth-order valence-electron chi connectivity index (χ4n) is 3.43. The van der Waals surface area contributed by atoms with Crippen molar-refractivity contribution in [1.82, 2.24) is 14.5 Å². The molecule has 26 heavy (non-hydrogen) atoms. The molecule has 1 aliphatic rings. The van der Waals surface area contributed by atoms with Crippen LogP contribution in [0.4, 0.5) is 10.3 Å². The Morgan fingerprint density at radius 3 is 2.92 bits per heavy atom. The average Bonchev–Trinajstić information content (AvgIpc) is 3.00. The van der Waals surface area contributed by atoms with Gasteiger partial charge in [0.1, 0.15) is 11.9 Å². The molecule has 4 rings (SSSR count). The molecule has 0 spiro atoms. The molecule has 1 aromatic carbocycles. The standard InChI is InChI=1S/C19H19FN6/c20-14-4-6-18-17(8-14)24-19(25-7-1-2-15(22)11-25)26(18)12-16-5-3-13(9-21)10-23-16/h3-6,8,10,15H,1-2,7,11-12,22H2/t15-/m0/s1. The van der Waals surface area contributed by atoms with Gasteiger partial charge >= 0.3 is 0 Å². The van der Waals surface area contributed by atoms with Gasteiger partial charge in [-0.1, -0.05) is 0 Å². The molecule has 132 valence electrons. The zero-order valence-electron chi connectivity index (χ0n) is 14.3. The minimum atomic E-state index is -0.305. The lowest BCUT2D eigenvalue weighted by molar-refractivity contribution is 0.495. The maximum absolute atomic E-state index is 13.7. The highest BCUT2D eigenvalue weighted by molar-refractivity contribution is 5.79. The van der Waals surface area contributed by atoms with E-state index in [2.05, 4.69) is 20.9 Å². The van der Waals surface area contributed by atoms with Crippen LogP contribution in [-0.4, -0.2) is 33.7 Å². The summed E-state index contributed by atoms with van der Waals surface area (Å²) in [5.74, 6) is 0.479. The third kappa shape index (κ3) is 3.11. The van der Waals surface area contributed by atoms with Crippen LogP contribution in [0.2, 0.25) is 0 Å². The summed E-state index contributed by atoms with van der Waals surface area (Å²) in [6.45, 7) is 2.10. The summed E-state index contributed by atoms with van der Waals surface area (Å²) >= 11 is 0. The number of hydrogen-bond acceptors (Lipinski definition) is 5. The zero-order valence-corrected chi connectivity index (χ0v) is 14.3. The molecule has 3 aromatic rings. The Morgan fingerprint density at radius 2 is 2.19 bits per heavy atom. The van der Waals surface area contributed by atoms with Crippen LogP contribution in [-0.2, 0) is 6.54 Å². The number of aromatic nitrogens is 3. The second kappa shape index (κ2) is 6.73. The van der Waals surface area contributed by atoms with Crippen molar-refractivity contribution < 1.29 is 4.39 Å². The van der Waals surface area contributed by atoms with Crippen LogP contribution in [0.5, 0.6) is 0 Å². The van der Waals surface area contributed by atoms with Gasteiger partial charge in [0.05, 0.1) is 28.8 Å². The van der Waals surface area contributed by atoms with Crippen LogP contribution in [0.1, 0.15) is 24.1 Å². The Hall–Kier alpha value is -2.98. The van der Waals surface area contributed by atoms with Gasteiger partial charge in [-0.05, 0) is 37.1 Å². The SMILES string of the molecule is N#Cc1ccc(Cn2c(N3CCC[C@H](N)C3)nc3cc(F)ccc32)nc1. The maximum Gasteiger partial charge on any atom is 0.206 e. The number of rotatable bonds is 3. The van der Waals surface area contributed by atoms with Crippen LogP contribution in [0.25, 0.3) is 11.0 Å². The zero-order chi connectivity index (χ0) is 18.1. The molecule has 0 saturated carbocycles. The number of nitrogens with zero attached hydrogens (tertiary/aromatic N) is 5. The lowest BCUT2D eigenvalue weighted by Crippen LogP contribution is -2.44. The summed E-state index contributed by atoms with van der Waals surface area (Å²) in [6, 6.07) is 10.4. The van der Waals surface area contributed by atoms with Crippen molar-refractivity contribution in [2.24, 2.45) is 5.73 Å². The second-order valence-corrected chi connectivity index (χ2v) is 6.63. The van der Waals surface area contributed by atoms with Crippen LogP contribution in [0.3, 0.4) is 0 Å². The Labute approximate surface area is 150 Å². The molecule has 0 unspecified atom stereocenters. The number of piperidine rings is 1. The monoisotopic (exact) mass is 350 g/mol. The molecule has 1 saturated heterocycles. The molecule has 0 radical (unpaired) electrons. The largest absolute Gasteiger partial charge is 0.341 e. The van der Waals surface area contributed by atoms with E-state index in [1.165, 1.54) is 12.1 Å². The van der Waals surface area contributed by atoms with Gasteiger partial charge in [-0.15, -0.1) is 0 Å². The van der Waals surface area contributed by atoms with E-state index in [0.29, 0.717) is 17.6 Å². The van der Waals surface area contributed by atoms with Gasteiger partial charge in [0.25, 0.3) is 0 Å². The van der Waals surface area contributed by atoms with Crippen LogP contribution in [0, 0.1) is 17.1 Å². The smallest absolute Gasteiger partial charge is 0.206 e. The second-order valence-electron chi connectivity index (χ2n) is 6.63. The number of nitrogens with two attached hydrogens (primary N) is 1. The third-order valence-electron chi connectivity index (χ3n) is 4.70. The molecule has 7 heteroatoms. The average molecular weight is 350 g/mol. The van der Waals surface area contributed by atoms with Gasteiger partial charge in [0, 0.05) is 31.4 Å². The summed E-state index contributed by atoms with van der Waals surface area (Å²) in [5.41, 5.74) is 8.94. The molecule has 0 aliphatic carbocycles. The molecule has 3 heterocycles. The number of halogens is 1. The Morgan fingerprint density at radius 1 is 1.31 bits per heavy atom. The Kier molecular flexibility index (Phi) is 4.27. The fraction of sp³-hybridized carbons (Fsp3) is 0.316. The minimum absolute atomic E-state index is 0.113. The summed E-state index contributed by atoms with van der Waals surface area (Å²) in [4.78, 5) is 11.2. The van der Waals surface area contributed by atoms with Crippen molar-refractivity contribution in [2.75, 3.05) is 18.0 Å². The van der Waals surface area contributed by atoms with E-state index in [1.54, 1.807) is 18.3 Å². The number of hydrogen-bond donors (Lipinski definition) is 1. The van der Waals surface area contributed by atoms with Crippen LogP contribution >= 0.6 is 0 Å². The Bertz CT molecular complexity index is 972. The van der Waals surface area contributed by atoms with Crippen molar-refractivity contribution >= 4 is 17.0 Å². The number of fused-ring (bicyclic) bond motifs is 1. The van der Waals surface area contributed by atoms with Crippen molar-refractivity contribution in [2.45, 2.75) is 25.4 Å². The van der Waals surface area contributed by atoms with E-state index < -0.39 is 0 Å². The molecule has 2 N–H and O–H groups in total. The van der Waals surface area contributed by atoms with Crippen LogP contribution < -0.4 is 10.6 Å². The van der Waals surface area contributed by atoms with Gasteiger partial charge < -0.3 is 15.2 Å². The third-order valence-corrected chi connectivity index (χ3v) is 4.70. The molecule has 1 aliphatic heterocycles. The van der Waals surface area contributed by atoms with Gasteiger partial charge in [-0.25, -0.2) is 9.37 Å². The molecule has 1 atom stereocenters.